The standard InChI is InChI=1S/C11H14O2.2ClH.Ru/c1-8(2)13-11-6-5-10(12-4)7-9(11)3;;;/h3,5-8H,1-2,4H3;2*1H;/q;;;+2/p-2. The zero-order valence-corrected chi connectivity index (χ0v) is 12.6. The molecule has 5 heteroatoms. The second-order valence-electron chi connectivity index (χ2n) is 3.38. The Morgan fingerprint density at radius 1 is 1.31 bits per heavy atom. The summed E-state index contributed by atoms with van der Waals surface area (Å²) in [4.78, 5) is 0. The minimum atomic E-state index is -1.86. The second kappa shape index (κ2) is 6.59. The van der Waals surface area contributed by atoms with Crippen molar-refractivity contribution in [3.05, 3.63) is 23.8 Å². The van der Waals surface area contributed by atoms with Crippen LogP contribution >= 0.6 is 19.4 Å². The van der Waals surface area contributed by atoms with Gasteiger partial charge in [-0.15, -0.1) is 0 Å². The molecule has 0 fully saturated rings. The third-order valence-corrected chi connectivity index (χ3v) is 3.60. The van der Waals surface area contributed by atoms with Crippen LogP contribution in [0.25, 0.3) is 0 Å². The number of benzene rings is 1. The maximum absolute atomic E-state index is 5.87. The molecule has 0 aromatic heterocycles. The van der Waals surface area contributed by atoms with E-state index in [0.717, 1.165) is 17.1 Å². The first-order valence-electron chi connectivity index (χ1n) is 4.70. The number of halogens is 2. The fourth-order valence-electron chi connectivity index (χ4n) is 1.18. The van der Waals surface area contributed by atoms with Crippen LogP contribution in [-0.2, 0) is 13.5 Å². The first kappa shape index (κ1) is 14.0. The summed E-state index contributed by atoms with van der Waals surface area (Å²) in [5, 5.41) is 0. The molecule has 0 heterocycles. The third kappa shape index (κ3) is 4.41. The summed E-state index contributed by atoms with van der Waals surface area (Å²) in [7, 11) is 13.4. The Morgan fingerprint density at radius 3 is 2.50 bits per heavy atom. The second-order valence-corrected chi connectivity index (χ2v) is 9.10. The maximum atomic E-state index is 5.87. The minimum absolute atomic E-state index is 0.117. The normalized spacial score (nSPS) is 11.2. The molecule has 0 aliphatic rings. The van der Waals surface area contributed by atoms with Crippen LogP contribution in [0.3, 0.4) is 0 Å². The molecule has 1 rings (SSSR count). The van der Waals surface area contributed by atoms with Crippen LogP contribution in [-0.4, -0.2) is 17.8 Å². The van der Waals surface area contributed by atoms with Gasteiger partial charge in [0, 0.05) is 0 Å². The van der Waals surface area contributed by atoms with Gasteiger partial charge in [-0.25, -0.2) is 0 Å². The summed E-state index contributed by atoms with van der Waals surface area (Å²) in [6.45, 7) is 3.95. The van der Waals surface area contributed by atoms with Gasteiger partial charge in [0.1, 0.15) is 0 Å². The number of methoxy groups -OCH3 is 1. The summed E-state index contributed by atoms with van der Waals surface area (Å²) in [6.07, 6.45) is 0.117. The molecule has 0 radical (unpaired) electrons. The molecule has 0 N–H and O–H groups in total. The summed E-state index contributed by atoms with van der Waals surface area (Å²) < 4.78 is 12.7. The van der Waals surface area contributed by atoms with Crippen molar-refractivity contribution in [2.45, 2.75) is 20.0 Å². The summed E-state index contributed by atoms with van der Waals surface area (Å²) >= 11 is -1.86. The first-order chi connectivity index (χ1) is 7.52. The van der Waals surface area contributed by atoms with Crippen molar-refractivity contribution in [3.63, 3.8) is 0 Å². The number of ether oxygens (including phenoxy) is 2. The van der Waals surface area contributed by atoms with Crippen molar-refractivity contribution in [2.24, 2.45) is 0 Å². The average molecular weight is 350 g/mol. The van der Waals surface area contributed by atoms with Crippen LogP contribution in [0, 0.1) is 0 Å². The van der Waals surface area contributed by atoms with Crippen molar-refractivity contribution in [1.82, 2.24) is 0 Å². The number of hydrogen-bond donors (Lipinski definition) is 0. The Morgan fingerprint density at radius 2 is 2.00 bits per heavy atom. The fourth-order valence-corrected chi connectivity index (χ4v) is 2.96. The van der Waals surface area contributed by atoms with Gasteiger partial charge in [0.15, 0.2) is 0 Å². The van der Waals surface area contributed by atoms with E-state index in [4.69, 9.17) is 28.9 Å². The zero-order valence-electron chi connectivity index (χ0n) is 9.31. The van der Waals surface area contributed by atoms with Crippen molar-refractivity contribution >= 4 is 24.0 Å². The molecule has 0 bridgehead atoms. The van der Waals surface area contributed by atoms with Gasteiger partial charge in [-0.1, -0.05) is 0 Å². The molecule has 1 aromatic rings. The van der Waals surface area contributed by atoms with Crippen LogP contribution < -0.4 is 9.47 Å². The van der Waals surface area contributed by atoms with E-state index in [-0.39, 0.29) is 6.10 Å². The molecule has 1 aromatic carbocycles. The first-order valence-corrected chi connectivity index (χ1v) is 10.2. The van der Waals surface area contributed by atoms with E-state index in [0.29, 0.717) is 0 Å². The fraction of sp³-hybridized carbons (Fsp3) is 0.364. The Hall–Kier alpha value is -0.107. The van der Waals surface area contributed by atoms with Gasteiger partial charge in [-0.05, 0) is 0 Å². The predicted octanol–water partition coefficient (Wildman–Crippen LogP) is 3.56. The zero-order chi connectivity index (χ0) is 12.1. The molecule has 0 amide bonds. The van der Waals surface area contributed by atoms with E-state index in [1.165, 1.54) is 0 Å². The molecule has 0 aliphatic carbocycles. The van der Waals surface area contributed by atoms with E-state index < -0.39 is 13.5 Å². The van der Waals surface area contributed by atoms with Crippen LogP contribution in [0.1, 0.15) is 19.4 Å². The number of hydrogen-bond acceptors (Lipinski definition) is 2. The Labute approximate surface area is 109 Å². The molecule has 2 nitrogen and oxygen atoms in total. The van der Waals surface area contributed by atoms with Crippen LogP contribution in [0.4, 0.5) is 0 Å². The van der Waals surface area contributed by atoms with Gasteiger partial charge in [-0.2, -0.15) is 0 Å². The Balaban J connectivity index is 3.11. The van der Waals surface area contributed by atoms with E-state index in [1.54, 1.807) is 7.11 Å². The molecular weight excluding hydrogens is 336 g/mol. The summed E-state index contributed by atoms with van der Waals surface area (Å²) in [5.74, 6) is 1.56. The van der Waals surface area contributed by atoms with Gasteiger partial charge in [0.2, 0.25) is 0 Å². The Kier molecular flexibility index (Phi) is 5.74. The molecule has 92 valence electrons. The van der Waals surface area contributed by atoms with Gasteiger partial charge in [0.25, 0.3) is 0 Å². The summed E-state index contributed by atoms with van der Waals surface area (Å²) in [6, 6.07) is 5.61. The molecule has 0 unspecified atom stereocenters. The van der Waals surface area contributed by atoms with Gasteiger partial charge in [0.05, 0.1) is 0 Å². The van der Waals surface area contributed by atoms with E-state index >= 15 is 0 Å². The molecule has 0 aliphatic heterocycles. The molecule has 0 spiro atoms. The average Bonchev–Trinajstić information content (AvgIpc) is 2.19. The third-order valence-electron chi connectivity index (χ3n) is 1.77. The monoisotopic (exact) mass is 350 g/mol. The molecular formula is C11H14Cl2O2Ru. The Bertz CT molecular complexity index is 388. The van der Waals surface area contributed by atoms with Crippen LogP contribution in [0.2, 0.25) is 0 Å². The topological polar surface area (TPSA) is 18.5 Å². The summed E-state index contributed by atoms with van der Waals surface area (Å²) in [5.41, 5.74) is 0.900. The van der Waals surface area contributed by atoms with Crippen LogP contribution in [0.15, 0.2) is 18.2 Å². The van der Waals surface area contributed by atoms with Crippen molar-refractivity contribution in [3.8, 4) is 11.5 Å². The molecule has 0 atom stereocenters. The molecule has 0 saturated heterocycles. The van der Waals surface area contributed by atoms with Crippen molar-refractivity contribution < 1.29 is 23.0 Å². The van der Waals surface area contributed by atoms with Crippen molar-refractivity contribution in [2.75, 3.05) is 7.11 Å². The van der Waals surface area contributed by atoms with E-state index in [1.807, 2.05) is 36.7 Å². The SMILES string of the molecule is COc1ccc(OC(C)C)c([CH]=[Ru]([Cl])[Cl])c1. The van der Waals surface area contributed by atoms with Crippen molar-refractivity contribution in [1.29, 1.82) is 0 Å². The molecule has 0 saturated carbocycles. The van der Waals surface area contributed by atoms with Gasteiger partial charge in [-0.3, -0.25) is 0 Å². The quantitative estimate of drug-likeness (QED) is 0.773. The van der Waals surface area contributed by atoms with Gasteiger partial charge >= 0.3 is 109 Å². The molecule has 16 heavy (non-hydrogen) atoms. The van der Waals surface area contributed by atoms with Crippen LogP contribution in [0.5, 0.6) is 11.5 Å². The predicted molar refractivity (Wildman–Crippen MR) is 65.6 cm³/mol. The number of rotatable bonds is 4. The van der Waals surface area contributed by atoms with E-state index in [2.05, 4.69) is 0 Å². The van der Waals surface area contributed by atoms with Gasteiger partial charge < -0.3 is 0 Å². The van der Waals surface area contributed by atoms with E-state index in [9.17, 15) is 0 Å².